The Hall–Kier alpha value is -2.33. The summed E-state index contributed by atoms with van der Waals surface area (Å²) in [6, 6.07) is 11.0. The molecule has 0 unspecified atom stereocenters. The molecule has 0 aliphatic heterocycles. The molecule has 1 N–H and O–H groups in total. The Morgan fingerprint density at radius 2 is 1.54 bits per heavy atom. The zero-order valence-corrected chi connectivity index (χ0v) is 16.0. The summed E-state index contributed by atoms with van der Waals surface area (Å²) in [6.07, 6.45) is 0. The highest BCUT2D eigenvalue weighted by Crippen LogP contribution is 2.32. The van der Waals surface area contributed by atoms with Crippen molar-refractivity contribution in [2.75, 3.05) is 13.1 Å². The number of phenols is 1. The van der Waals surface area contributed by atoms with Crippen LogP contribution in [0.15, 0.2) is 45.6 Å². The fourth-order valence-corrected chi connectivity index (χ4v) is 3.60. The number of benzene rings is 2. The van der Waals surface area contributed by atoms with Crippen LogP contribution in [-0.2, 0) is 6.54 Å². The molecule has 0 bridgehead atoms. The molecule has 0 amide bonds. The second-order valence-electron chi connectivity index (χ2n) is 7.86. The summed E-state index contributed by atoms with van der Waals surface area (Å²) in [7, 11) is 0. The molecule has 3 aromatic rings. The lowest BCUT2D eigenvalue weighted by Crippen LogP contribution is -2.31. The third-order valence-corrected chi connectivity index (χ3v) is 4.50. The van der Waals surface area contributed by atoms with Crippen molar-refractivity contribution in [3.8, 4) is 5.75 Å². The van der Waals surface area contributed by atoms with Gasteiger partial charge in [0.2, 0.25) is 0 Å². The quantitative estimate of drug-likeness (QED) is 0.512. The smallest absolute Gasteiger partial charge is 0.344 e. The van der Waals surface area contributed by atoms with E-state index in [1.165, 1.54) is 0 Å². The van der Waals surface area contributed by atoms with Gasteiger partial charge in [0, 0.05) is 25.0 Å². The van der Waals surface area contributed by atoms with E-state index in [-0.39, 0.29) is 11.4 Å². The van der Waals surface area contributed by atoms with E-state index in [1.54, 1.807) is 12.1 Å². The predicted octanol–water partition coefficient (Wildman–Crippen LogP) is 4.77. The molecule has 0 fully saturated rings. The third kappa shape index (κ3) is 3.75. The van der Waals surface area contributed by atoms with Crippen molar-refractivity contribution in [1.82, 2.24) is 4.90 Å². The van der Waals surface area contributed by atoms with Gasteiger partial charge in [-0.25, -0.2) is 4.79 Å². The van der Waals surface area contributed by atoms with Crippen molar-refractivity contribution in [2.24, 2.45) is 11.8 Å². The minimum Gasteiger partial charge on any atom is -0.507 e. The van der Waals surface area contributed by atoms with Gasteiger partial charge in [-0.3, -0.25) is 4.90 Å². The van der Waals surface area contributed by atoms with Gasteiger partial charge in [0.1, 0.15) is 11.3 Å². The van der Waals surface area contributed by atoms with E-state index in [0.717, 1.165) is 23.9 Å². The van der Waals surface area contributed by atoms with Crippen molar-refractivity contribution in [2.45, 2.75) is 34.2 Å². The van der Waals surface area contributed by atoms with Crippen molar-refractivity contribution >= 4 is 21.7 Å². The molecule has 4 heteroatoms. The second-order valence-corrected chi connectivity index (χ2v) is 7.86. The lowest BCUT2D eigenvalue weighted by atomic mass is 10.0. The molecule has 0 radical (unpaired) electrons. The van der Waals surface area contributed by atoms with E-state index in [2.05, 4.69) is 32.6 Å². The molecule has 2 aromatic carbocycles. The van der Waals surface area contributed by atoms with Crippen molar-refractivity contribution in [3.05, 3.63) is 52.4 Å². The van der Waals surface area contributed by atoms with Gasteiger partial charge in [0.15, 0.2) is 0 Å². The van der Waals surface area contributed by atoms with Crippen molar-refractivity contribution in [3.63, 3.8) is 0 Å². The van der Waals surface area contributed by atoms with E-state index in [4.69, 9.17) is 4.42 Å². The highest BCUT2D eigenvalue weighted by atomic mass is 16.4. The molecule has 0 aliphatic rings. The molecule has 138 valence electrons. The topological polar surface area (TPSA) is 53.7 Å². The molecule has 0 aliphatic carbocycles. The van der Waals surface area contributed by atoms with Crippen LogP contribution in [0.25, 0.3) is 21.7 Å². The van der Waals surface area contributed by atoms with Crippen LogP contribution in [0.1, 0.15) is 33.3 Å². The number of aromatic hydroxyl groups is 1. The highest BCUT2D eigenvalue weighted by Gasteiger charge is 2.18. The van der Waals surface area contributed by atoms with Crippen LogP contribution in [0, 0.1) is 11.8 Å². The average molecular weight is 353 g/mol. The van der Waals surface area contributed by atoms with Crippen LogP contribution in [0.2, 0.25) is 0 Å². The van der Waals surface area contributed by atoms with Crippen molar-refractivity contribution < 1.29 is 9.52 Å². The van der Waals surface area contributed by atoms with Gasteiger partial charge in [-0.05, 0) is 35.4 Å². The van der Waals surface area contributed by atoms with Gasteiger partial charge in [0.25, 0.3) is 0 Å². The molecule has 0 saturated heterocycles. The van der Waals surface area contributed by atoms with Gasteiger partial charge >= 0.3 is 5.63 Å². The zero-order valence-electron chi connectivity index (χ0n) is 16.0. The number of phenolic OH excluding ortho intramolecular Hbond substituents is 1. The summed E-state index contributed by atoms with van der Waals surface area (Å²) in [4.78, 5) is 14.8. The molecular formula is C22H27NO3. The SMILES string of the molecule is CC(C)CN(Cc1c(O)ccc2c1oc(=O)c1ccccc12)CC(C)C. The predicted molar refractivity (Wildman–Crippen MR) is 107 cm³/mol. The lowest BCUT2D eigenvalue weighted by molar-refractivity contribution is 0.209. The van der Waals surface area contributed by atoms with Crippen LogP contribution in [-0.4, -0.2) is 23.1 Å². The van der Waals surface area contributed by atoms with Crippen LogP contribution in [0.5, 0.6) is 5.75 Å². The van der Waals surface area contributed by atoms with Gasteiger partial charge in [0.05, 0.1) is 10.9 Å². The summed E-state index contributed by atoms with van der Waals surface area (Å²) >= 11 is 0. The van der Waals surface area contributed by atoms with Gasteiger partial charge in [-0.2, -0.15) is 0 Å². The summed E-state index contributed by atoms with van der Waals surface area (Å²) in [5, 5.41) is 12.8. The molecule has 26 heavy (non-hydrogen) atoms. The summed E-state index contributed by atoms with van der Waals surface area (Å²) in [5.41, 5.74) is 0.817. The normalized spacial score (nSPS) is 12.1. The minimum absolute atomic E-state index is 0.174. The Bertz CT molecular complexity index is 962. The van der Waals surface area contributed by atoms with Crippen LogP contribution in [0.4, 0.5) is 0 Å². The van der Waals surface area contributed by atoms with E-state index in [1.807, 2.05) is 24.3 Å². The Morgan fingerprint density at radius 3 is 2.15 bits per heavy atom. The fourth-order valence-electron chi connectivity index (χ4n) is 3.60. The van der Waals surface area contributed by atoms with Crippen LogP contribution >= 0.6 is 0 Å². The van der Waals surface area contributed by atoms with E-state index in [9.17, 15) is 9.90 Å². The first-order valence-corrected chi connectivity index (χ1v) is 9.25. The maximum absolute atomic E-state index is 12.4. The third-order valence-electron chi connectivity index (χ3n) is 4.50. The number of fused-ring (bicyclic) bond motifs is 3. The number of rotatable bonds is 6. The first-order chi connectivity index (χ1) is 12.4. The molecule has 0 saturated carbocycles. The van der Waals surface area contributed by atoms with E-state index in [0.29, 0.717) is 34.9 Å². The van der Waals surface area contributed by atoms with Gasteiger partial charge in [-0.1, -0.05) is 45.9 Å². The van der Waals surface area contributed by atoms with E-state index >= 15 is 0 Å². The second kappa shape index (κ2) is 7.50. The maximum atomic E-state index is 12.4. The molecular weight excluding hydrogens is 326 g/mol. The van der Waals surface area contributed by atoms with Crippen molar-refractivity contribution in [1.29, 1.82) is 0 Å². The van der Waals surface area contributed by atoms with E-state index < -0.39 is 0 Å². The maximum Gasteiger partial charge on any atom is 0.344 e. The Morgan fingerprint density at radius 1 is 0.923 bits per heavy atom. The summed E-state index contributed by atoms with van der Waals surface area (Å²) < 4.78 is 5.66. The number of nitrogens with zero attached hydrogens (tertiary/aromatic N) is 1. The molecule has 3 rings (SSSR count). The van der Waals surface area contributed by atoms with Crippen LogP contribution < -0.4 is 5.63 Å². The average Bonchev–Trinajstić information content (AvgIpc) is 2.57. The van der Waals surface area contributed by atoms with Gasteiger partial charge < -0.3 is 9.52 Å². The minimum atomic E-state index is -0.362. The largest absolute Gasteiger partial charge is 0.507 e. The molecule has 0 atom stereocenters. The number of hydrogen-bond acceptors (Lipinski definition) is 4. The molecule has 1 aromatic heterocycles. The molecule has 1 heterocycles. The Labute approximate surface area is 154 Å². The first-order valence-electron chi connectivity index (χ1n) is 9.25. The van der Waals surface area contributed by atoms with Gasteiger partial charge in [-0.15, -0.1) is 0 Å². The fraction of sp³-hybridized carbons (Fsp3) is 0.409. The highest BCUT2D eigenvalue weighted by molar-refractivity contribution is 6.05. The first kappa shape index (κ1) is 18.5. The lowest BCUT2D eigenvalue weighted by Gasteiger charge is -2.26. The van der Waals surface area contributed by atoms with Crippen LogP contribution in [0.3, 0.4) is 0 Å². The number of hydrogen-bond donors (Lipinski definition) is 1. The standard InChI is InChI=1S/C22H27NO3/c1-14(2)11-23(12-15(3)4)13-19-20(24)10-9-17-16-7-5-6-8-18(16)22(25)26-21(17)19/h5-10,14-15,24H,11-13H2,1-4H3. The molecule has 0 spiro atoms. The Kier molecular flexibility index (Phi) is 5.33. The molecule has 4 nitrogen and oxygen atoms in total. The summed E-state index contributed by atoms with van der Waals surface area (Å²) in [6.45, 7) is 11.1. The Balaban J connectivity index is 2.15. The monoisotopic (exact) mass is 353 g/mol. The summed E-state index contributed by atoms with van der Waals surface area (Å²) in [5.74, 6) is 1.20. The zero-order chi connectivity index (χ0) is 18.8.